The minimum absolute atomic E-state index is 0.0428. The van der Waals surface area contributed by atoms with Gasteiger partial charge >= 0.3 is 0 Å². The molecule has 1 aromatic rings. The van der Waals surface area contributed by atoms with E-state index in [0.29, 0.717) is 13.2 Å². The van der Waals surface area contributed by atoms with Crippen LogP contribution in [-0.4, -0.2) is 32.7 Å². The van der Waals surface area contributed by atoms with Gasteiger partial charge in [-0.05, 0) is 24.6 Å². The second-order valence-electron chi connectivity index (χ2n) is 3.66. The van der Waals surface area contributed by atoms with Crippen molar-refractivity contribution in [1.82, 2.24) is 5.32 Å². The molecule has 0 aliphatic carbocycles. The molecule has 0 aliphatic rings. The van der Waals surface area contributed by atoms with Gasteiger partial charge in [0.1, 0.15) is 0 Å². The highest BCUT2D eigenvalue weighted by Crippen LogP contribution is 2.20. The zero-order valence-corrected chi connectivity index (χ0v) is 11.6. The van der Waals surface area contributed by atoms with Gasteiger partial charge in [0, 0.05) is 23.8 Å². The molecule has 0 aliphatic heterocycles. The van der Waals surface area contributed by atoms with Gasteiger partial charge in [0.15, 0.2) is 0 Å². The molecular weight excluding hydrogens is 284 g/mol. The van der Waals surface area contributed by atoms with E-state index in [1.165, 1.54) is 5.56 Å². The Hall–Kier alpha value is -1.07. The van der Waals surface area contributed by atoms with Crippen molar-refractivity contribution in [2.75, 3.05) is 32.1 Å². The number of halogens is 1. The summed E-state index contributed by atoms with van der Waals surface area (Å²) in [6.07, 6.45) is 0. The summed E-state index contributed by atoms with van der Waals surface area (Å²) in [5.41, 5.74) is 2.09. The molecule has 1 aromatic carbocycles. The summed E-state index contributed by atoms with van der Waals surface area (Å²) >= 11 is 3.45. The average molecular weight is 301 g/mol. The van der Waals surface area contributed by atoms with E-state index in [1.54, 1.807) is 7.11 Å². The van der Waals surface area contributed by atoms with Crippen molar-refractivity contribution in [2.45, 2.75) is 6.92 Å². The molecule has 0 bridgehead atoms. The van der Waals surface area contributed by atoms with Crippen LogP contribution in [0.4, 0.5) is 5.69 Å². The highest BCUT2D eigenvalue weighted by atomic mass is 79.9. The van der Waals surface area contributed by atoms with Crippen molar-refractivity contribution in [2.24, 2.45) is 0 Å². The van der Waals surface area contributed by atoms with Gasteiger partial charge in [-0.25, -0.2) is 0 Å². The summed E-state index contributed by atoms with van der Waals surface area (Å²) in [7, 11) is 1.61. The molecule has 0 saturated heterocycles. The molecule has 4 nitrogen and oxygen atoms in total. The molecular formula is C12H17BrN2O2. The topological polar surface area (TPSA) is 50.4 Å². The van der Waals surface area contributed by atoms with Crippen LogP contribution >= 0.6 is 15.9 Å². The lowest BCUT2D eigenvalue weighted by Crippen LogP contribution is -2.32. The Bertz CT molecular complexity index is 383. The van der Waals surface area contributed by atoms with Crippen molar-refractivity contribution in [1.29, 1.82) is 0 Å². The Kier molecular flexibility index (Phi) is 6.00. The standard InChI is InChI=1S/C12H17BrN2O2/c1-9-3-4-10(7-11(9)13)15-8-12(16)14-5-6-17-2/h3-4,7,15H,5-6,8H2,1-2H3,(H,14,16). The minimum atomic E-state index is -0.0428. The molecule has 2 N–H and O–H groups in total. The third-order valence-electron chi connectivity index (χ3n) is 2.25. The fourth-order valence-corrected chi connectivity index (χ4v) is 1.62. The van der Waals surface area contributed by atoms with Crippen molar-refractivity contribution >= 4 is 27.5 Å². The van der Waals surface area contributed by atoms with E-state index in [4.69, 9.17) is 4.74 Å². The van der Waals surface area contributed by atoms with Crippen molar-refractivity contribution < 1.29 is 9.53 Å². The van der Waals surface area contributed by atoms with Gasteiger partial charge in [0.25, 0.3) is 0 Å². The lowest BCUT2D eigenvalue weighted by molar-refractivity contribution is -0.119. The number of carbonyl (C=O) groups is 1. The lowest BCUT2D eigenvalue weighted by Gasteiger charge is -2.08. The van der Waals surface area contributed by atoms with Gasteiger partial charge in [-0.3, -0.25) is 4.79 Å². The molecule has 1 amide bonds. The third-order valence-corrected chi connectivity index (χ3v) is 3.11. The zero-order valence-electron chi connectivity index (χ0n) is 10.0. The summed E-state index contributed by atoms with van der Waals surface area (Å²) in [4.78, 5) is 11.4. The van der Waals surface area contributed by atoms with Crippen LogP contribution in [0.5, 0.6) is 0 Å². The van der Waals surface area contributed by atoms with Crippen LogP contribution in [0.2, 0.25) is 0 Å². The number of amides is 1. The molecule has 0 atom stereocenters. The molecule has 5 heteroatoms. The predicted molar refractivity (Wildman–Crippen MR) is 72.3 cm³/mol. The van der Waals surface area contributed by atoms with Crippen LogP contribution in [0.15, 0.2) is 22.7 Å². The molecule has 0 fully saturated rings. The van der Waals surface area contributed by atoms with Gasteiger partial charge < -0.3 is 15.4 Å². The maximum Gasteiger partial charge on any atom is 0.239 e. The Morgan fingerprint density at radius 1 is 1.47 bits per heavy atom. The first-order valence-corrected chi connectivity index (χ1v) is 6.18. The zero-order chi connectivity index (χ0) is 12.7. The van der Waals surface area contributed by atoms with Gasteiger partial charge in [-0.2, -0.15) is 0 Å². The van der Waals surface area contributed by atoms with Crippen molar-refractivity contribution in [3.63, 3.8) is 0 Å². The third kappa shape index (κ3) is 5.19. The van der Waals surface area contributed by atoms with E-state index in [0.717, 1.165) is 10.2 Å². The Balaban J connectivity index is 2.34. The molecule has 17 heavy (non-hydrogen) atoms. The molecule has 0 radical (unpaired) electrons. The predicted octanol–water partition coefficient (Wildman–Crippen LogP) is 1.93. The molecule has 0 aromatic heterocycles. The number of aryl methyl sites for hydroxylation is 1. The van der Waals surface area contributed by atoms with Gasteiger partial charge in [-0.1, -0.05) is 22.0 Å². The molecule has 94 valence electrons. The number of methoxy groups -OCH3 is 1. The van der Waals surface area contributed by atoms with E-state index in [1.807, 2.05) is 25.1 Å². The van der Waals surface area contributed by atoms with E-state index >= 15 is 0 Å². The van der Waals surface area contributed by atoms with Gasteiger partial charge in [0.2, 0.25) is 5.91 Å². The molecule has 0 unspecified atom stereocenters. The number of hydrogen-bond acceptors (Lipinski definition) is 3. The van der Waals surface area contributed by atoms with E-state index in [2.05, 4.69) is 26.6 Å². The molecule has 0 heterocycles. The fraction of sp³-hybridized carbons (Fsp3) is 0.417. The normalized spacial score (nSPS) is 10.1. The first-order chi connectivity index (χ1) is 8.13. The van der Waals surface area contributed by atoms with E-state index < -0.39 is 0 Å². The summed E-state index contributed by atoms with van der Waals surface area (Å²) in [5.74, 6) is -0.0428. The lowest BCUT2D eigenvalue weighted by atomic mass is 10.2. The summed E-state index contributed by atoms with van der Waals surface area (Å²) in [6, 6.07) is 5.90. The second kappa shape index (κ2) is 7.29. The summed E-state index contributed by atoms with van der Waals surface area (Å²) in [6.45, 7) is 3.35. The highest BCUT2D eigenvalue weighted by molar-refractivity contribution is 9.10. The monoisotopic (exact) mass is 300 g/mol. The Morgan fingerprint density at radius 2 is 2.24 bits per heavy atom. The quantitative estimate of drug-likeness (QED) is 0.789. The summed E-state index contributed by atoms with van der Waals surface area (Å²) < 4.78 is 5.87. The summed E-state index contributed by atoms with van der Waals surface area (Å²) in [5, 5.41) is 5.80. The van der Waals surface area contributed by atoms with Gasteiger partial charge in [0.05, 0.1) is 13.2 Å². The SMILES string of the molecule is COCCNC(=O)CNc1ccc(C)c(Br)c1. The van der Waals surface area contributed by atoms with Crippen LogP contribution in [0.1, 0.15) is 5.56 Å². The minimum Gasteiger partial charge on any atom is -0.383 e. The average Bonchev–Trinajstić information content (AvgIpc) is 2.31. The number of nitrogens with one attached hydrogen (secondary N) is 2. The number of rotatable bonds is 6. The number of benzene rings is 1. The molecule has 0 spiro atoms. The molecule has 1 rings (SSSR count). The van der Waals surface area contributed by atoms with Gasteiger partial charge in [-0.15, -0.1) is 0 Å². The number of carbonyl (C=O) groups excluding carboxylic acids is 1. The number of anilines is 1. The second-order valence-corrected chi connectivity index (χ2v) is 4.51. The fourth-order valence-electron chi connectivity index (χ4n) is 1.24. The van der Waals surface area contributed by atoms with E-state index in [9.17, 15) is 4.79 Å². The largest absolute Gasteiger partial charge is 0.383 e. The maximum absolute atomic E-state index is 11.4. The first-order valence-electron chi connectivity index (χ1n) is 5.39. The number of ether oxygens (including phenoxy) is 1. The smallest absolute Gasteiger partial charge is 0.239 e. The maximum atomic E-state index is 11.4. The first kappa shape index (κ1) is 14.0. The van der Waals surface area contributed by atoms with Crippen molar-refractivity contribution in [3.8, 4) is 0 Å². The highest BCUT2D eigenvalue weighted by Gasteiger charge is 2.01. The van der Waals surface area contributed by atoms with Crippen LogP contribution in [0, 0.1) is 6.92 Å². The van der Waals surface area contributed by atoms with Crippen LogP contribution in [0.25, 0.3) is 0 Å². The number of hydrogen-bond donors (Lipinski definition) is 2. The van der Waals surface area contributed by atoms with Crippen LogP contribution < -0.4 is 10.6 Å². The van der Waals surface area contributed by atoms with Crippen LogP contribution in [-0.2, 0) is 9.53 Å². The van der Waals surface area contributed by atoms with Crippen LogP contribution in [0.3, 0.4) is 0 Å². The van der Waals surface area contributed by atoms with Crippen molar-refractivity contribution in [3.05, 3.63) is 28.2 Å². The van der Waals surface area contributed by atoms with E-state index in [-0.39, 0.29) is 12.5 Å². The molecule has 0 saturated carbocycles. The Labute approximate surface area is 110 Å². The Morgan fingerprint density at radius 3 is 2.88 bits per heavy atom.